The van der Waals surface area contributed by atoms with Gasteiger partial charge in [0.05, 0.1) is 18.1 Å². The van der Waals surface area contributed by atoms with Crippen molar-refractivity contribution in [2.75, 3.05) is 7.11 Å². The second kappa shape index (κ2) is 6.83. The van der Waals surface area contributed by atoms with E-state index in [4.69, 9.17) is 15.6 Å². The maximum atomic E-state index is 13.1. The highest BCUT2D eigenvalue weighted by molar-refractivity contribution is 7.99. The van der Waals surface area contributed by atoms with Gasteiger partial charge in [-0.3, -0.25) is 15.4 Å². The van der Waals surface area contributed by atoms with Crippen LogP contribution in [0.15, 0.2) is 58.5 Å². The van der Waals surface area contributed by atoms with Crippen LogP contribution in [0.4, 0.5) is 13.2 Å². The summed E-state index contributed by atoms with van der Waals surface area (Å²) in [6.07, 6.45) is -4.89. The standard InChI is InChI=1S/C17H13F3N4OS/c1-25-10-5-4-6-11(9-10)26-15-14(21)24(16(22)17(18,19)20)13-8-3-2-7-12(13)23-15/h2-9,21-22H,1H3. The molecule has 0 atom stereocenters. The molecular weight excluding hydrogens is 365 g/mol. The Labute approximate surface area is 150 Å². The third-order valence-electron chi connectivity index (χ3n) is 3.52. The summed E-state index contributed by atoms with van der Waals surface area (Å²) in [4.78, 5) is 4.96. The lowest BCUT2D eigenvalue weighted by Crippen LogP contribution is -2.38. The van der Waals surface area contributed by atoms with E-state index in [1.54, 1.807) is 42.5 Å². The molecule has 0 radical (unpaired) electrons. The molecular formula is C17H13F3N4OS. The van der Waals surface area contributed by atoms with E-state index in [9.17, 15) is 13.2 Å². The second-order valence-corrected chi connectivity index (χ2v) is 6.28. The van der Waals surface area contributed by atoms with Gasteiger partial charge in [0, 0.05) is 4.90 Å². The van der Waals surface area contributed by atoms with Gasteiger partial charge in [0.15, 0.2) is 5.49 Å². The average molecular weight is 378 g/mol. The van der Waals surface area contributed by atoms with Crippen LogP contribution in [0.2, 0.25) is 0 Å². The number of ether oxygens (including phenoxy) is 1. The highest BCUT2D eigenvalue weighted by Crippen LogP contribution is 2.28. The molecule has 2 N–H and O–H groups in total. The molecule has 0 spiro atoms. The van der Waals surface area contributed by atoms with Gasteiger partial charge >= 0.3 is 6.18 Å². The molecule has 9 heteroatoms. The van der Waals surface area contributed by atoms with Crippen LogP contribution in [0.3, 0.4) is 0 Å². The summed E-state index contributed by atoms with van der Waals surface area (Å²) in [5.41, 5.74) is -0.184. The van der Waals surface area contributed by atoms with E-state index < -0.39 is 17.5 Å². The van der Waals surface area contributed by atoms with Gasteiger partial charge in [-0.1, -0.05) is 30.0 Å². The molecule has 1 heterocycles. The Balaban J connectivity index is 2.19. The molecule has 0 saturated heterocycles. The Bertz CT molecular complexity index is 1050. The first-order valence-electron chi connectivity index (χ1n) is 7.35. The molecule has 0 aliphatic heterocycles. The summed E-state index contributed by atoms with van der Waals surface area (Å²) in [5.74, 6) is -1.05. The Kier molecular flexibility index (Phi) is 4.73. The Morgan fingerprint density at radius 3 is 2.58 bits per heavy atom. The van der Waals surface area contributed by atoms with E-state index in [0.29, 0.717) is 15.2 Å². The molecule has 1 aromatic heterocycles. The number of para-hydroxylation sites is 2. The van der Waals surface area contributed by atoms with Gasteiger partial charge < -0.3 is 4.74 Å². The number of benzene rings is 2. The van der Waals surface area contributed by atoms with Crippen LogP contribution in [-0.4, -0.2) is 28.7 Å². The minimum atomic E-state index is -4.89. The maximum Gasteiger partial charge on any atom is 0.449 e. The number of hydrogen-bond donors (Lipinski definition) is 2. The summed E-state index contributed by atoms with van der Waals surface area (Å²) in [7, 11) is 1.51. The number of methoxy groups -OCH3 is 1. The van der Waals surface area contributed by atoms with E-state index in [0.717, 1.165) is 11.8 Å². The number of aromatic nitrogens is 2. The van der Waals surface area contributed by atoms with Gasteiger partial charge in [-0.25, -0.2) is 4.98 Å². The molecule has 0 amide bonds. The van der Waals surface area contributed by atoms with Gasteiger partial charge in [-0.2, -0.15) is 13.2 Å². The number of nitrogens with zero attached hydrogens (tertiary/aromatic N) is 2. The summed E-state index contributed by atoms with van der Waals surface area (Å²) in [6.45, 7) is 0. The summed E-state index contributed by atoms with van der Waals surface area (Å²) < 4.78 is 45.1. The molecule has 2 aromatic carbocycles. The van der Waals surface area contributed by atoms with Crippen LogP contribution < -0.4 is 10.2 Å². The topological polar surface area (TPSA) is 74.8 Å². The predicted molar refractivity (Wildman–Crippen MR) is 91.9 cm³/mol. The lowest BCUT2D eigenvalue weighted by molar-refractivity contribution is -0.0624. The number of rotatable bonds is 3. The van der Waals surface area contributed by atoms with Crippen molar-refractivity contribution in [2.24, 2.45) is 0 Å². The zero-order valence-electron chi connectivity index (χ0n) is 13.5. The van der Waals surface area contributed by atoms with Crippen molar-refractivity contribution in [3.8, 4) is 5.75 Å². The van der Waals surface area contributed by atoms with Crippen molar-refractivity contribution in [1.82, 2.24) is 9.55 Å². The number of fused-ring (bicyclic) bond motifs is 1. The van der Waals surface area contributed by atoms with E-state index >= 15 is 0 Å². The SMILES string of the molecule is COc1cccc(Sc2nc3ccccc3n(C(=N)C(F)(F)F)c2=N)c1. The van der Waals surface area contributed by atoms with Crippen LogP contribution in [0.5, 0.6) is 5.75 Å². The Hall–Kier alpha value is -2.81. The normalized spacial score (nSPS) is 11.5. The maximum absolute atomic E-state index is 13.1. The molecule has 0 aliphatic rings. The monoisotopic (exact) mass is 378 g/mol. The largest absolute Gasteiger partial charge is 0.497 e. The van der Waals surface area contributed by atoms with Crippen LogP contribution >= 0.6 is 11.8 Å². The molecule has 0 saturated carbocycles. The predicted octanol–water partition coefficient (Wildman–Crippen LogP) is 4.06. The molecule has 26 heavy (non-hydrogen) atoms. The van der Waals surface area contributed by atoms with Crippen molar-refractivity contribution in [3.63, 3.8) is 0 Å². The summed E-state index contributed by atoms with van der Waals surface area (Å²) >= 11 is 1.04. The average Bonchev–Trinajstić information content (AvgIpc) is 2.61. The minimum absolute atomic E-state index is 0.0508. The first kappa shape index (κ1) is 18.0. The fraction of sp³-hybridized carbons (Fsp3) is 0.118. The second-order valence-electron chi connectivity index (χ2n) is 5.22. The van der Waals surface area contributed by atoms with Crippen LogP contribution in [0.1, 0.15) is 0 Å². The smallest absolute Gasteiger partial charge is 0.449 e. The third-order valence-corrected chi connectivity index (χ3v) is 4.49. The Morgan fingerprint density at radius 1 is 1.15 bits per heavy atom. The molecule has 3 rings (SSSR count). The summed E-state index contributed by atoms with van der Waals surface area (Å²) in [5, 5.41) is 15.8. The molecule has 134 valence electrons. The highest BCUT2D eigenvalue weighted by atomic mass is 32.2. The van der Waals surface area contributed by atoms with Crippen molar-refractivity contribution in [1.29, 1.82) is 10.8 Å². The van der Waals surface area contributed by atoms with Gasteiger partial charge in [0.1, 0.15) is 10.8 Å². The first-order valence-corrected chi connectivity index (χ1v) is 8.17. The molecule has 3 aromatic rings. The van der Waals surface area contributed by atoms with Gasteiger partial charge in [0.2, 0.25) is 5.84 Å². The van der Waals surface area contributed by atoms with E-state index in [1.165, 1.54) is 13.2 Å². The van der Waals surface area contributed by atoms with Gasteiger partial charge in [-0.05, 0) is 30.3 Å². The van der Waals surface area contributed by atoms with E-state index in [2.05, 4.69) is 4.98 Å². The van der Waals surface area contributed by atoms with Crippen LogP contribution in [-0.2, 0) is 0 Å². The number of alkyl halides is 3. The number of nitrogens with one attached hydrogen (secondary N) is 2. The van der Waals surface area contributed by atoms with Crippen LogP contribution in [0, 0.1) is 10.8 Å². The zero-order valence-corrected chi connectivity index (χ0v) is 14.3. The highest BCUT2D eigenvalue weighted by Gasteiger charge is 2.37. The zero-order chi connectivity index (χ0) is 18.9. The fourth-order valence-corrected chi connectivity index (χ4v) is 3.21. The molecule has 0 fully saturated rings. The molecule has 0 unspecified atom stereocenters. The van der Waals surface area contributed by atoms with Crippen molar-refractivity contribution >= 4 is 28.6 Å². The van der Waals surface area contributed by atoms with Gasteiger partial charge in [-0.15, -0.1) is 0 Å². The first-order chi connectivity index (χ1) is 12.3. The van der Waals surface area contributed by atoms with Crippen molar-refractivity contribution in [2.45, 2.75) is 16.1 Å². The molecule has 0 bridgehead atoms. The Morgan fingerprint density at radius 2 is 1.88 bits per heavy atom. The summed E-state index contributed by atoms with van der Waals surface area (Å²) in [6, 6.07) is 13.0. The minimum Gasteiger partial charge on any atom is -0.497 e. The molecule has 0 aliphatic carbocycles. The third kappa shape index (κ3) is 3.43. The van der Waals surface area contributed by atoms with E-state index in [-0.39, 0.29) is 16.1 Å². The van der Waals surface area contributed by atoms with Gasteiger partial charge in [0.25, 0.3) is 0 Å². The van der Waals surface area contributed by atoms with Crippen LogP contribution in [0.25, 0.3) is 11.0 Å². The number of halogens is 3. The quantitative estimate of drug-likeness (QED) is 0.533. The van der Waals surface area contributed by atoms with E-state index in [1.807, 2.05) is 0 Å². The molecule has 5 nitrogen and oxygen atoms in total. The lowest BCUT2D eigenvalue weighted by atomic mass is 10.3. The number of hydrogen-bond acceptors (Lipinski definition) is 5. The van der Waals surface area contributed by atoms with Crippen molar-refractivity contribution in [3.05, 3.63) is 54.0 Å². The fourth-order valence-electron chi connectivity index (χ4n) is 2.33. The van der Waals surface area contributed by atoms with Crippen molar-refractivity contribution < 1.29 is 17.9 Å². The lowest BCUT2D eigenvalue weighted by Gasteiger charge is -2.16.